The van der Waals surface area contributed by atoms with Crippen LogP contribution in [0.15, 0.2) is 24.5 Å². The zero-order chi connectivity index (χ0) is 9.03. The highest BCUT2D eigenvalue weighted by Crippen LogP contribution is 2.07. The third-order valence-electron chi connectivity index (χ3n) is 1.55. The second-order valence-electron chi connectivity index (χ2n) is 3.07. The fourth-order valence-corrected chi connectivity index (χ4v) is 0.966. The average molecular weight is 161 g/mol. The molecule has 0 fully saturated rings. The molecule has 62 valence electrons. The normalized spacial score (nSPS) is 14.8. The molecule has 1 rings (SSSR count). The van der Waals surface area contributed by atoms with Crippen LogP contribution in [0.4, 0.5) is 0 Å². The Morgan fingerprint density at radius 3 is 3.00 bits per heavy atom. The molecule has 0 aliphatic heterocycles. The molecule has 0 saturated carbocycles. The van der Waals surface area contributed by atoms with E-state index in [-0.39, 0.29) is 0 Å². The Kier molecular flexibility index (Phi) is 2.41. The Labute approximate surface area is 71.8 Å². The highest BCUT2D eigenvalue weighted by Gasteiger charge is 2.17. The Hall–Kier alpha value is -1.40. The number of nitriles is 1. The molecule has 3 nitrogen and oxygen atoms in total. The zero-order valence-electron chi connectivity index (χ0n) is 6.99. The molecule has 0 spiro atoms. The minimum Gasteiger partial charge on any atom is -0.313 e. The van der Waals surface area contributed by atoms with Crippen molar-refractivity contribution in [1.82, 2.24) is 4.98 Å². The van der Waals surface area contributed by atoms with Crippen molar-refractivity contribution in [2.45, 2.75) is 18.9 Å². The summed E-state index contributed by atoms with van der Waals surface area (Å²) in [5.41, 5.74) is 5.86. The van der Waals surface area contributed by atoms with Crippen molar-refractivity contribution >= 4 is 0 Å². The van der Waals surface area contributed by atoms with Crippen LogP contribution in [-0.2, 0) is 6.42 Å². The summed E-state index contributed by atoms with van der Waals surface area (Å²) < 4.78 is 0. The van der Waals surface area contributed by atoms with Gasteiger partial charge in [-0.3, -0.25) is 4.98 Å². The van der Waals surface area contributed by atoms with E-state index in [0.717, 1.165) is 5.56 Å². The lowest BCUT2D eigenvalue weighted by Crippen LogP contribution is -2.36. The van der Waals surface area contributed by atoms with Crippen molar-refractivity contribution in [3.05, 3.63) is 30.1 Å². The van der Waals surface area contributed by atoms with E-state index in [9.17, 15) is 0 Å². The van der Waals surface area contributed by atoms with Gasteiger partial charge in [0.1, 0.15) is 5.54 Å². The molecule has 0 saturated heterocycles. The van der Waals surface area contributed by atoms with Crippen LogP contribution in [-0.4, -0.2) is 10.5 Å². The molecule has 1 unspecified atom stereocenters. The van der Waals surface area contributed by atoms with Crippen LogP contribution < -0.4 is 5.73 Å². The molecule has 1 heterocycles. The molecule has 2 N–H and O–H groups in total. The van der Waals surface area contributed by atoms with E-state index in [0.29, 0.717) is 6.42 Å². The van der Waals surface area contributed by atoms with Crippen LogP contribution >= 0.6 is 0 Å². The van der Waals surface area contributed by atoms with Gasteiger partial charge < -0.3 is 5.73 Å². The predicted octanol–water partition coefficient (Wildman–Crippen LogP) is 0.865. The van der Waals surface area contributed by atoms with Crippen LogP contribution in [0.5, 0.6) is 0 Å². The number of aromatic nitrogens is 1. The molecule has 1 atom stereocenters. The van der Waals surface area contributed by atoms with Gasteiger partial charge in [0.25, 0.3) is 0 Å². The van der Waals surface area contributed by atoms with Gasteiger partial charge in [-0.15, -0.1) is 0 Å². The summed E-state index contributed by atoms with van der Waals surface area (Å²) in [6.07, 6.45) is 3.96. The fraction of sp³-hybridized carbons (Fsp3) is 0.333. The summed E-state index contributed by atoms with van der Waals surface area (Å²) in [6, 6.07) is 5.79. The number of nitrogens with zero attached hydrogens (tertiary/aromatic N) is 2. The molecule has 3 heteroatoms. The van der Waals surface area contributed by atoms with Crippen LogP contribution in [0.3, 0.4) is 0 Å². The molecule has 0 bridgehead atoms. The van der Waals surface area contributed by atoms with E-state index in [4.69, 9.17) is 11.0 Å². The van der Waals surface area contributed by atoms with Gasteiger partial charge in [-0.2, -0.15) is 5.26 Å². The monoisotopic (exact) mass is 161 g/mol. The van der Waals surface area contributed by atoms with Gasteiger partial charge in [-0.25, -0.2) is 0 Å². The molecular weight excluding hydrogens is 150 g/mol. The van der Waals surface area contributed by atoms with Gasteiger partial charge in [-0.05, 0) is 18.6 Å². The Balaban J connectivity index is 2.72. The largest absolute Gasteiger partial charge is 0.313 e. The molecule has 0 aliphatic rings. The standard InChI is InChI=1S/C9H11N3/c1-9(11,7-10)5-8-3-2-4-12-6-8/h2-4,6H,5,11H2,1H3. The van der Waals surface area contributed by atoms with Crippen molar-refractivity contribution in [3.8, 4) is 6.07 Å². The van der Waals surface area contributed by atoms with Crippen molar-refractivity contribution in [3.63, 3.8) is 0 Å². The lowest BCUT2D eigenvalue weighted by molar-refractivity contribution is 0.595. The maximum Gasteiger partial charge on any atom is 0.105 e. The number of hydrogen-bond acceptors (Lipinski definition) is 3. The van der Waals surface area contributed by atoms with Gasteiger partial charge in [0, 0.05) is 18.8 Å². The molecule has 0 aliphatic carbocycles. The summed E-state index contributed by atoms with van der Waals surface area (Å²) in [6.45, 7) is 1.71. The van der Waals surface area contributed by atoms with E-state index < -0.39 is 5.54 Å². The zero-order valence-corrected chi connectivity index (χ0v) is 6.99. The maximum atomic E-state index is 8.66. The van der Waals surface area contributed by atoms with Crippen molar-refractivity contribution in [1.29, 1.82) is 5.26 Å². The first-order valence-electron chi connectivity index (χ1n) is 3.73. The molecule has 0 amide bonds. The molecule has 0 aromatic carbocycles. The smallest absolute Gasteiger partial charge is 0.105 e. The van der Waals surface area contributed by atoms with Crippen molar-refractivity contribution in [2.75, 3.05) is 0 Å². The third-order valence-corrected chi connectivity index (χ3v) is 1.55. The fourth-order valence-electron chi connectivity index (χ4n) is 0.966. The number of rotatable bonds is 2. The second kappa shape index (κ2) is 3.33. The van der Waals surface area contributed by atoms with Gasteiger partial charge in [0.2, 0.25) is 0 Å². The quantitative estimate of drug-likeness (QED) is 0.699. The number of hydrogen-bond donors (Lipinski definition) is 1. The maximum absolute atomic E-state index is 8.66. The van der Waals surface area contributed by atoms with E-state index in [1.807, 2.05) is 18.2 Å². The summed E-state index contributed by atoms with van der Waals surface area (Å²) in [5, 5.41) is 8.66. The molecule has 1 aromatic heterocycles. The average Bonchev–Trinajstić information content (AvgIpc) is 2.06. The van der Waals surface area contributed by atoms with Crippen LogP contribution in [0.1, 0.15) is 12.5 Å². The van der Waals surface area contributed by atoms with Crippen molar-refractivity contribution < 1.29 is 0 Å². The molecule has 1 aromatic rings. The van der Waals surface area contributed by atoms with Crippen LogP contribution in [0.25, 0.3) is 0 Å². The highest BCUT2D eigenvalue weighted by molar-refractivity contribution is 5.16. The lowest BCUT2D eigenvalue weighted by Gasteiger charge is -2.14. The first kappa shape index (κ1) is 8.69. The summed E-state index contributed by atoms with van der Waals surface area (Å²) in [5.74, 6) is 0. The third kappa shape index (κ3) is 2.33. The molecule has 0 radical (unpaired) electrons. The van der Waals surface area contributed by atoms with Gasteiger partial charge >= 0.3 is 0 Å². The Morgan fingerprint density at radius 1 is 1.75 bits per heavy atom. The van der Waals surface area contributed by atoms with E-state index in [1.165, 1.54) is 0 Å². The van der Waals surface area contributed by atoms with Crippen LogP contribution in [0.2, 0.25) is 0 Å². The highest BCUT2D eigenvalue weighted by atomic mass is 14.7. The summed E-state index contributed by atoms with van der Waals surface area (Å²) >= 11 is 0. The number of nitrogens with two attached hydrogens (primary N) is 1. The van der Waals surface area contributed by atoms with Gasteiger partial charge in [0.15, 0.2) is 0 Å². The van der Waals surface area contributed by atoms with E-state index in [2.05, 4.69) is 4.98 Å². The summed E-state index contributed by atoms with van der Waals surface area (Å²) in [4.78, 5) is 3.94. The first-order chi connectivity index (χ1) is 5.64. The SMILES string of the molecule is CC(N)(C#N)Cc1cccnc1. The van der Waals surface area contributed by atoms with Gasteiger partial charge in [0.05, 0.1) is 6.07 Å². The Morgan fingerprint density at radius 2 is 2.50 bits per heavy atom. The minimum atomic E-state index is -0.789. The minimum absolute atomic E-state index is 0.539. The van der Waals surface area contributed by atoms with E-state index >= 15 is 0 Å². The van der Waals surface area contributed by atoms with E-state index in [1.54, 1.807) is 19.3 Å². The molecular formula is C9H11N3. The van der Waals surface area contributed by atoms with Gasteiger partial charge in [-0.1, -0.05) is 6.07 Å². The van der Waals surface area contributed by atoms with Crippen molar-refractivity contribution in [2.24, 2.45) is 5.73 Å². The first-order valence-corrected chi connectivity index (χ1v) is 3.73. The predicted molar refractivity (Wildman–Crippen MR) is 46.1 cm³/mol. The lowest BCUT2D eigenvalue weighted by atomic mass is 9.97. The summed E-state index contributed by atoms with van der Waals surface area (Å²) in [7, 11) is 0. The topological polar surface area (TPSA) is 62.7 Å². The molecule has 12 heavy (non-hydrogen) atoms. The second-order valence-corrected chi connectivity index (χ2v) is 3.07. The Bertz CT molecular complexity index is 284. The van der Waals surface area contributed by atoms with Crippen LogP contribution in [0, 0.1) is 11.3 Å². The number of pyridine rings is 1.